The average molecular weight is 360 g/mol. The van der Waals surface area contributed by atoms with Gasteiger partial charge in [0.1, 0.15) is 11.6 Å². The standard InChI is InChI=1S/C22H24N4O/c27-22(15-18-9-6-8-17-7-2-3-10-19(17)18)24-16-20-23-12-11-21(25-20)26-13-4-1-5-14-26/h2-3,6-12H,1,4-5,13-16H2,(H,24,27). The molecular weight excluding hydrogens is 336 g/mol. The topological polar surface area (TPSA) is 58.1 Å². The Morgan fingerprint density at radius 1 is 1.00 bits per heavy atom. The lowest BCUT2D eigenvalue weighted by Crippen LogP contribution is -2.31. The number of hydrogen-bond donors (Lipinski definition) is 1. The molecule has 1 N–H and O–H groups in total. The van der Waals surface area contributed by atoms with E-state index in [-0.39, 0.29) is 5.91 Å². The summed E-state index contributed by atoms with van der Waals surface area (Å²) < 4.78 is 0. The number of rotatable bonds is 5. The lowest BCUT2D eigenvalue weighted by Gasteiger charge is -2.27. The van der Waals surface area contributed by atoms with Crippen molar-refractivity contribution in [3.63, 3.8) is 0 Å². The highest BCUT2D eigenvalue weighted by atomic mass is 16.1. The van der Waals surface area contributed by atoms with Crippen LogP contribution in [0, 0.1) is 0 Å². The number of piperidine rings is 1. The molecule has 1 aliphatic heterocycles. The van der Waals surface area contributed by atoms with Crippen LogP contribution < -0.4 is 10.2 Å². The summed E-state index contributed by atoms with van der Waals surface area (Å²) in [5.41, 5.74) is 1.04. The highest BCUT2D eigenvalue weighted by Crippen LogP contribution is 2.19. The molecule has 1 aromatic heterocycles. The maximum absolute atomic E-state index is 12.4. The number of carbonyl (C=O) groups excluding carboxylic acids is 1. The van der Waals surface area contributed by atoms with Gasteiger partial charge in [-0.3, -0.25) is 4.79 Å². The van der Waals surface area contributed by atoms with E-state index in [1.54, 1.807) is 6.20 Å². The van der Waals surface area contributed by atoms with Crippen molar-refractivity contribution in [3.8, 4) is 0 Å². The van der Waals surface area contributed by atoms with Crippen molar-refractivity contribution >= 4 is 22.5 Å². The highest BCUT2D eigenvalue weighted by Gasteiger charge is 2.13. The summed E-state index contributed by atoms with van der Waals surface area (Å²) in [6.07, 6.45) is 5.84. The molecule has 0 saturated carbocycles. The number of carbonyl (C=O) groups is 1. The minimum absolute atomic E-state index is 0.0154. The number of nitrogens with one attached hydrogen (secondary N) is 1. The van der Waals surface area contributed by atoms with E-state index < -0.39 is 0 Å². The molecule has 0 spiro atoms. The Labute approximate surface area is 159 Å². The zero-order chi connectivity index (χ0) is 18.5. The van der Waals surface area contributed by atoms with Gasteiger partial charge >= 0.3 is 0 Å². The van der Waals surface area contributed by atoms with E-state index in [1.165, 1.54) is 19.3 Å². The zero-order valence-corrected chi connectivity index (χ0v) is 15.4. The molecule has 3 aromatic rings. The highest BCUT2D eigenvalue weighted by molar-refractivity contribution is 5.90. The molecular formula is C22H24N4O. The molecule has 5 heteroatoms. The number of fused-ring (bicyclic) bond motifs is 1. The van der Waals surface area contributed by atoms with Gasteiger partial charge in [0.05, 0.1) is 13.0 Å². The predicted molar refractivity (Wildman–Crippen MR) is 108 cm³/mol. The number of hydrogen-bond acceptors (Lipinski definition) is 4. The fourth-order valence-electron chi connectivity index (χ4n) is 3.63. The lowest BCUT2D eigenvalue weighted by molar-refractivity contribution is -0.120. The third kappa shape index (κ3) is 4.25. The molecule has 0 aliphatic carbocycles. The van der Waals surface area contributed by atoms with E-state index in [0.717, 1.165) is 35.2 Å². The van der Waals surface area contributed by atoms with Crippen LogP contribution in [0.4, 0.5) is 5.82 Å². The maximum Gasteiger partial charge on any atom is 0.224 e. The molecule has 2 aromatic carbocycles. The molecule has 5 nitrogen and oxygen atoms in total. The van der Waals surface area contributed by atoms with Gasteiger partial charge in [-0.25, -0.2) is 9.97 Å². The van der Waals surface area contributed by atoms with Gasteiger partial charge in [-0.1, -0.05) is 42.5 Å². The monoisotopic (exact) mass is 360 g/mol. The number of aromatic nitrogens is 2. The Balaban J connectivity index is 1.39. The summed E-state index contributed by atoms with van der Waals surface area (Å²) in [5, 5.41) is 5.24. The van der Waals surface area contributed by atoms with Crippen molar-refractivity contribution < 1.29 is 4.79 Å². The molecule has 27 heavy (non-hydrogen) atoms. The number of nitrogens with zero attached hydrogens (tertiary/aromatic N) is 3. The third-order valence-corrected chi connectivity index (χ3v) is 5.05. The van der Waals surface area contributed by atoms with Gasteiger partial charge in [-0.2, -0.15) is 0 Å². The van der Waals surface area contributed by atoms with E-state index in [9.17, 15) is 4.79 Å². The largest absolute Gasteiger partial charge is 0.357 e. The molecule has 0 unspecified atom stereocenters. The fourth-order valence-corrected chi connectivity index (χ4v) is 3.63. The first-order valence-electron chi connectivity index (χ1n) is 9.60. The van der Waals surface area contributed by atoms with Crippen molar-refractivity contribution in [2.75, 3.05) is 18.0 Å². The summed E-state index contributed by atoms with van der Waals surface area (Å²) in [7, 11) is 0. The van der Waals surface area contributed by atoms with Gasteiger partial charge in [-0.15, -0.1) is 0 Å². The molecule has 0 radical (unpaired) electrons. The second-order valence-corrected chi connectivity index (χ2v) is 6.97. The Morgan fingerprint density at radius 3 is 2.70 bits per heavy atom. The van der Waals surface area contributed by atoms with Crippen molar-refractivity contribution in [3.05, 3.63) is 66.1 Å². The summed E-state index contributed by atoms with van der Waals surface area (Å²) in [4.78, 5) is 23.7. The Hall–Kier alpha value is -2.95. The van der Waals surface area contributed by atoms with Crippen LogP contribution in [0.2, 0.25) is 0 Å². The third-order valence-electron chi connectivity index (χ3n) is 5.05. The Bertz CT molecular complexity index is 929. The van der Waals surface area contributed by atoms with Crippen LogP contribution in [-0.4, -0.2) is 29.0 Å². The normalized spacial score (nSPS) is 14.3. The second-order valence-electron chi connectivity index (χ2n) is 6.97. The quantitative estimate of drug-likeness (QED) is 0.757. The molecule has 138 valence electrons. The predicted octanol–water partition coefficient (Wildman–Crippen LogP) is 3.48. The van der Waals surface area contributed by atoms with Crippen molar-refractivity contribution in [1.82, 2.24) is 15.3 Å². The fraction of sp³-hybridized carbons (Fsp3) is 0.318. The summed E-state index contributed by atoms with van der Waals surface area (Å²) in [6, 6.07) is 16.2. The number of amides is 1. The summed E-state index contributed by atoms with van der Waals surface area (Å²) in [6.45, 7) is 2.44. The van der Waals surface area contributed by atoms with Crippen LogP contribution in [0.5, 0.6) is 0 Å². The molecule has 4 rings (SSSR count). The van der Waals surface area contributed by atoms with Gasteiger partial charge in [0.2, 0.25) is 5.91 Å². The van der Waals surface area contributed by atoms with Gasteiger partial charge < -0.3 is 10.2 Å². The molecule has 1 saturated heterocycles. The first-order valence-corrected chi connectivity index (χ1v) is 9.60. The second kappa shape index (κ2) is 8.16. The van der Waals surface area contributed by atoms with Crippen LogP contribution in [-0.2, 0) is 17.8 Å². The number of benzene rings is 2. The van der Waals surface area contributed by atoms with Crippen LogP contribution in [0.15, 0.2) is 54.7 Å². The van der Waals surface area contributed by atoms with Crippen LogP contribution in [0.25, 0.3) is 10.8 Å². The van der Waals surface area contributed by atoms with Gasteiger partial charge in [0.25, 0.3) is 0 Å². The van der Waals surface area contributed by atoms with Crippen LogP contribution in [0.3, 0.4) is 0 Å². The van der Waals surface area contributed by atoms with Crippen molar-refractivity contribution in [2.24, 2.45) is 0 Å². The van der Waals surface area contributed by atoms with Crippen molar-refractivity contribution in [1.29, 1.82) is 0 Å². The molecule has 2 heterocycles. The molecule has 1 amide bonds. The minimum atomic E-state index is -0.0154. The van der Waals surface area contributed by atoms with E-state index in [4.69, 9.17) is 0 Å². The minimum Gasteiger partial charge on any atom is -0.357 e. The Kier molecular flexibility index (Phi) is 5.28. The van der Waals surface area contributed by atoms with E-state index >= 15 is 0 Å². The molecule has 1 aliphatic rings. The van der Waals surface area contributed by atoms with Crippen LogP contribution >= 0.6 is 0 Å². The Morgan fingerprint density at radius 2 is 1.81 bits per heavy atom. The number of anilines is 1. The molecule has 1 fully saturated rings. The molecule has 0 bridgehead atoms. The smallest absolute Gasteiger partial charge is 0.224 e. The van der Waals surface area contributed by atoms with Gasteiger partial charge in [-0.05, 0) is 41.7 Å². The van der Waals surface area contributed by atoms with E-state index in [1.807, 2.05) is 30.3 Å². The van der Waals surface area contributed by atoms with Gasteiger partial charge in [0, 0.05) is 19.3 Å². The lowest BCUT2D eigenvalue weighted by atomic mass is 10.0. The molecule has 0 atom stereocenters. The van der Waals surface area contributed by atoms with E-state index in [0.29, 0.717) is 18.8 Å². The summed E-state index contributed by atoms with van der Waals surface area (Å²) in [5.74, 6) is 1.60. The first kappa shape index (κ1) is 17.5. The average Bonchev–Trinajstić information content (AvgIpc) is 2.73. The summed E-state index contributed by atoms with van der Waals surface area (Å²) >= 11 is 0. The first-order chi connectivity index (χ1) is 13.3. The van der Waals surface area contributed by atoms with Gasteiger partial charge in [0.15, 0.2) is 0 Å². The van der Waals surface area contributed by atoms with Crippen molar-refractivity contribution in [2.45, 2.75) is 32.2 Å². The van der Waals surface area contributed by atoms with E-state index in [2.05, 4.69) is 38.4 Å². The maximum atomic E-state index is 12.4. The SMILES string of the molecule is O=C(Cc1cccc2ccccc12)NCc1nccc(N2CCCCC2)n1. The zero-order valence-electron chi connectivity index (χ0n) is 15.4. The van der Waals surface area contributed by atoms with Crippen LogP contribution in [0.1, 0.15) is 30.7 Å².